The first-order chi connectivity index (χ1) is 7.31. The second kappa shape index (κ2) is 5.14. The molecule has 0 unspecified atom stereocenters. The lowest BCUT2D eigenvalue weighted by Gasteiger charge is -1.92. The maximum absolute atomic E-state index is 5.62. The zero-order valence-corrected chi connectivity index (χ0v) is 11.0. The van der Waals surface area contributed by atoms with Crippen LogP contribution >= 0.6 is 38.9 Å². The van der Waals surface area contributed by atoms with Crippen LogP contribution in [0.15, 0.2) is 26.5 Å². The van der Waals surface area contributed by atoms with Gasteiger partial charge in [0, 0.05) is 16.8 Å². The quantitative estimate of drug-likeness (QED) is 0.786. The molecule has 2 aromatic rings. The summed E-state index contributed by atoms with van der Waals surface area (Å²) in [4.78, 5) is 5.29. The monoisotopic (exact) mass is 305 g/mol. The molecule has 0 amide bonds. The third kappa shape index (κ3) is 2.62. The molecule has 0 bridgehead atoms. The van der Waals surface area contributed by atoms with E-state index < -0.39 is 0 Å². The fourth-order valence-electron chi connectivity index (χ4n) is 1.22. The summed E-state index contributed by atoms with van der Waals surface area (Å²) in [5.74, 6) is 2.22. The summed E-state index contributed by atoms with van der Waals surface area (Å²) in [5, 5.41) is 2.01. The number of halogens is 2. The zero-order valence-electron chi connectivity index (χ0n) is 7.87. The predicted octanol–water partition coefficient (Wildman–Crippen LogP) is 4.34. The molecule has 0 atom stereocenters. The fourth-order valence-corrected chi connectivity index (χ4v) is 2.87. The standard InChI is InChI=1S/C10H9BrClNOS/c11-7-3-5-15-10(7)8-6-13-9(14-8)2-1-4-12/h3,5-6H,1-2,4H2. The van der Waals surface area contributed by atoms with E-state index in [2.05, 4.69) is 20.9 Å². The molecule has 0 N–H and O–H groups in total. The number of nitrogens with zero attached hydrogens (tertiary/aromatic N) is 1. The minimum Gasteiger partial charge on any atom is -0.440 e. The number of hydrogen-bond donors (Lipinski definition) is 0. The Morgan fingerprint density at radius 2 is 2.40 bits per heavy atom. The van der Waals surface area contributed by atoms with E-state index in [9.17, 15) is 0 Å². The lowest BCUT2D eigenvalue weighted by atomic mass is 10.3. The van der Waals surface area contributed by atoms with E-state index in [0.717, 1.165) is 33.8 Å². The lowest BCUT2D eigenvalue weighted by Crippen LogP contribution is -1.84. The van der Waals surface area contributed by atoms with Crippen molar-refractivity contribution in [1.29, 1.82) is 0 Å². The fraction of sp³-hybridized carbons (Fsp3) is 0.300. The van der Waals surface area contributed by atoms with Crippen molar-refractivity contribution in [1.82, 2.24) is 4.98 Å². The molecule has 2 heterocycles. The van der Waals surface area contributed by atoms with Crippen LogP contribution in [0.2, 0.25) is 0 Å². The van der Waals surface area contributed by atoms with Crippen LogP contribution in [0, 0.1) is 0 Å². The van der Waals surface area contributed by atoms with Crippen LogP contribution in [0.25, 0.3) is 10.6 Å². The molecule has 0 spiro atoms. The van der Waals surface area contributed by atoms with Gasteiger partial charge in [-0.15, -0.1) is 22.9 Å². The normalized spacial score (nSPS) is 10.8. The maximum atomic E-state index is 5.62. The molecule has 0 radical (unpaired) electrons. The molecule has 80 valence electrons. The van der Waals surface area contributed by atoms with E-state index in [0.29, 0.717) is 5.88 Å². The van der Waals surface area contributed by atoms with Crippen molar-refractivity contribution in [2.75, 3.05) is 5.88 Å². The molecule has 0 aromatic carbocycles. The van der Waals surface area contributed by atoms with Gasteiger partial charge in [-0.3, -0.25) is 0 Å². The van der Waals surface area contributed by atoms with Crippen molar-refractivity contribution in [3.63, 3.8) is 0 Å². The summed E-state index contributed by atoms with van der Waals surface area (Å²) in [6.45, 7) is 0. The average Bonchev–Trinajstić information content (AvgIpc) is 2.83. The Morgan fingerprint density at radius 3 is 3.07 bits per heavy atom. The molecule has 0 aliphatic carbocycles. The summed E-state index contributed by atoms with van der Waals surface area (Å²) in [5.41, 5.74) is 0. The lowest BCUT2D eigenvalue weighted by molar-refractivity contribution is 0.504. The SMILES string of the molecule is ClCCCc1ncc(-c2sccc2Br)o1. The molecule has 0 saturated heterocycles. The summed E-state index contributed by atoms with van der Waals surface area (Å²) < 4.78 is 6.67. The van der Waals surface area contributed by atoms with Crippen LogP contribution in [0.1, 0.15) is 12.3 Å². The molecule has 0 aliphatic rings. The van der Waals surface area contributed by atoms with Crippen molar-refractivity contribution >= 4 is 38.9 Å². The minimum absolute atomic E-state index is 0.639. The Labute approximate surface area is 105 Å². The molecule has 2 nitrogen and oxygen atoms in total. The van der Waals surface area contributed by atoms with E-state index >= 15 is 0 Å². The first kappa shape index (κ1) is 11.2. The zero-order chi connectivity index (χ0) is 10.7. The number of aryl methyl sites for hydroxylation is 1. The molecule has 0 aliphatic heterocycles. The van der Waals surface area contributed by atoms with Crippen LogP contribution < -0.4 is 0 Å². The van der Waals surface area contributed by atoms with Gasteiger partial charge in [-0.2, -0.15) is 0 Å². The average molecular weight is 307 g/mol. The van der Waals surface area contributed by atoms with Crippen LogP contribution in [0.4, 0.5) is 0 Å². The Balaban J connectivity index is 2.17. The number of aromatic nitrogens is 1. The highest BCUT2D eigenvalue weighted by Crippen LogP contribution is 2.33. The maximum Gasteiger partial charge on any atom is 0.194 e. The third-order valence-electron chi connectivity index (χ3n) is 1.92. The van der Waals surface area contributed by atoms with E-state index in [4.69, 9.17) is 16.0 Å². The van der Waals surface area contributed by atoms with Gasteiger partial charge in [0.05, 0.1) is 11.1 Å². The molecule has 0 fully saturated rings. The van der Waals surface area contributed by atoms with Gasteiger partial charge < -0.3 is 4.42 Å². The van der Waals surface area contributed by atoms with Gasteiger partial charge in [0.2, 0.25) is 0 Å². The molecule has 5 heteroatoms. The smallest absolute Gasteiger partial charge is 0.194 e. The summed E-state index contributed by atoms with van der Waals surface area (Å²) >= 11 is 10.7. The molecular formula is C10H9BrClNOS. The summed E-state index contributed by atoms with van der Waals surface area (Å²) in [6, 6.07) is 2.00. The van der Waals surface area contributed by atoms with Crippen molar-refractivity contribution in [2.45, 2.75) is 12.8 Å². The van der Waals surface area contributed by atoms with Gasteiger partial charge in [-0.1, -0.05) is 0 Å². The van der Waals surface area contributed by atoms with Crippen molar-refractivity contribution in [3.8, 4) is 10.6 Å². The Kier molecular flexibility index (Phi) is 3.83. The van der Waals surface area contributed by atoms with Crippen LogP contribution in [0.5, 0.6) is 0 Å². The minimum atomic E-state index is 0.639. The van der Waals surface area contributed by atoms with Crippen LogP contribution in [-0.4, -0.2) is 10.9 Å². The third-order valence-corrected chi connectivity index (χ3v) is 4.04. The van der Waals surface area contributed by atoms with Gasteiger partial charge in [0.1, 0.15) is 0 Å². The number of oxazole rings is 1. The molecule has 15 heavy (non-hydrogen) atoms. The first-order valence-electron chi connectivity index (χ1n) is 4.55. The molecule has 2 aromatic heterocycles. The highest BCUT2D eigenvalue weighted by atomic mass is 79.9. The number of alkyl halides is 1. The topological polar surface area (TPSA) is 26.0 Å². The summed E-state index contributed by atoms with van der Waals surface area (Å²) in [6.07, 6.45) is 3.46. The molecule has 2 rings (SSSR count). The first-order valence-corrected chi connectivity index (χ1v) is 6.76. The highest BCUT2D eigenvalue weighted by molar-refractivity contribution is 9.10. The molecule has 0 saturated carbocycles. The van der Waals surface area contributed by atoms with Crippen molar-refractivity contribution in [3.05, 3.63) is 28.0 Å². The van der Waals surface area contributed by atoms with Gasteiger partial charge in [0.25, 0.3) is 0 Å². The Bertz CT molecular complexity index is 440. The van der Waals surface area contributed by atoms with Gasteiger partial charge in [0.15, 0.2) is 11.7 Å². The highest BCUT2D eigenvalue weighted by Gasteiger charge is 2.10. The number of hydrogen-bond acceptors (Lipinski definition) is 3. The Morgan fingerprint density at radius 1 is 1.53 bits per heavy atom. The largest absolute Gasteiger partial charge is 0.440 e. The number of thiophene rings is 1. The van der Waals surface area contributed by atoms with E-state index in [1.165, 1.54) is 0 Å². The van der Waals surface area contributed by atoms with Crippen LogP contribution in [-0.2, 0) is 6.42 Å². The van der Waals surface area contributed by atoms with Gasteiger partial charge in [-0.25, -0.2) is 4.98 Å². The number of rotatable bonds is 4. The van der Waals surface area contributed by atoms with E-state index in [-0.39, 0.29) is 0 Å². The van der Waals surface area contributed by atoms with E-state index in [1.807, 2.05) is 11.4 Å². The van der Waals surface area contributed by atoms with Crippen LogP contribution in [0.3, 0.4) is 0 Å². The second-order valence-corrected chi connectivity index (χ2v) is 5.16. The second-order valence-electron chi connectivity index (χ2n) is 3.01. The van der Waals surface area contributed by atoms with Gasteiger partial charge in [-0.05, 0) is 33.8 Å². The van der Waals surface area contributed by atoms with E-state index in [1.54, 1.807) is 17.5 Å². The van der Waals surface area contributed by atoms with Crippen molar-refractivity contribution in [2.24, 2.45) is 0 Å². The predicted molar refractivity (Wildman–Crippen MR) is 66.6 cm³/mol. The summed E-state index contributed by atoms with van der Waals surface area (Å²) in [7, 11) is 0. The Hall–Kier alpha value is -0.320. The van der Waals surface area contributed by atoms with Gasteiger partial charge >= 0.3 is 0 Å². The van der Waals surface area contributed by atoms with Crippen molar-refractivity contribution < 1.29 is 4.42 Å². The molecular weight excluding hydrogens is 298 g/mol.